The molecule has 0 amide bonds. The van der Waals surface area contributed by atoms with Gasteiger partial charge in [-0.2, -0.15) is 0 Å². The van der Waals surface area contributed by atoms with E-state index in [9.17, 15) is 4.79 Å². The SMILES string of the molecule is CC(C)C(Oc1ccc(C(C)(C)C)cc1)C(=O)O. The molecule has 0 fully saturated rings. The van der Waals surface area contributed by atoms with Crippen LogP contribution in [0.2, 0.25) is 0 Å². The van der Waals surface area contributed by atoms with Gasteiger partial charge in [0.25, 0.3) is 0 Å². The summed E-state index contributed by atoms with van der Waals surface area (Å²) in [6, 6.07) is 7.63. The Hall–Kier alpha value is -1.51. The van der Waals surface area contributed by atoms with Crippen molar-refractivity contribution in [1.82, 2.24) is 0 Å². The summed E-state index contributed by atoms with van der Waals surface area (Å²) in [5.74, 6) is -0.390. The molecule has 0 bridgehead atoms. The van der Waals surface area contributed by atoms with Crippen LogP contribution < -0.4 is 4.74 Å². The monoisotopic (exact) mass is 250 g/mol. The Bertz CT molecular complexity index is 399. The maximum Gasteiger partial charge on any atom is 0.345 e. The highest BCUT2D eigenvalue weighted by Crippen LogP contribution is 2.25. The molecule has 0 saturated heterocycles. The number of aliphatic carboxylic acids is 1. The van der Waals surface area contributed by atoms with Crippen LogP contribution in [0.25, 0.3) is 0 Å². The molecule has 1 aromatic rings. The lowest BCUT2D eigenvalue weighted by molar-refractivity contribution is -0.147. The van der Waals surface area contributed by atoms with Gasteiger partial charge in [-0.25, -0.2) is 4.79 Å². The highest BCUT2D eigenvalue weighted by Gasteiger charge is 2.23. The van der Waals surface area contributed by atoms with Crippen LogP contribution in [0, 0.1) is 5.92 Å². The minimum atomic E-state index is -0.926. The molecule has 1 atom stereocenters. The van der Waals surface area contributed by atoms with Crippen molar-refractivity contribution in [3.63, 3.8) is 0 Å². The molecule has 0 spiro atoms. The summed E-state index contributed by atoms with van der Waals surface area (Å²) >= 11 is 0. The van der Waals surface area contributed by atoms with Crippen molar-refractivity contribution in [3.8, 4) is 5.75 Å². The van der Waals surface area contributed by atoms with Crippen molar-refractivity contribution in [2.24, 2.45) is 5.92 Å². The topological polar surface area (TPSA) is 46.5 Å². The lowest BCUT2D eigenvalue weighted by Gasteiger charge is -2.21. The van der Waals surface area contributed by atoms with Crippen molar-refractivity contribution in [1.29, 1.82) is 0 Å². The second kappa shape index (κ2) is 5.42. The first-order valence-corrected chi connectivity index (χ1v) is 6.22. The molecule has 1 aromatic carbocycles. The summed E-state index contributed by atoms with van der Waals surface area (Å²) in [5, 5.41) is 9.06. The molecule has 1 rings (SSSR count). The van der Waals surface area contributed by atoms with Crippen LogP contribution in [-0.2, 0) is 10.2 Å². The van der Waals surface area contributed by atoms with E-state index in [0.717, 1.165) is 0 Å². The summed E-state index contributed by atoms with van der Waals surface area (Å²) < 4.78 is 5.51. The Labute approximate surface area is 109 Å². The number of hydrogen-bond donors (Lipinski definition) is 1. The normalized spacial score (nSPS) is 13.4. The number of ether oxygens (including phenoxy) is 1. The lowest BCUT2D eigenvalue weighted by Crippen LogP contribution is -2.32. The van der Waals surface area contributed by atoms with Crippen molar-refractivity contribution in [2.45, 2.75) is 46.1 Å². The molecule has 100 valence electrons. The molecule has 1 unspecified atom stereocenters. The van der Waals surface area contributed by atoms with E-state index in [1.165, 1.54) is 5.56 Å². The van der Waals surface area contributed by atoms with Crippen molar-refractivity contribution >= 4 is 5.97 Å². The van der Waals surface area contributed by atoms with Gasteiger partial charge in [-0.1, -0.05) is 46.8 Å². The van der Waals surface area contributed by atoms with E-state index in [0.29, 0.717) is 5.75 Å². The van der Waals surface area contributed by atoms with Crippen molar-refractivity contribution < 1.29 is 14.6 Å². The van der Waals surface area contributed by atoms with E-state index in [4.69, 9.17) is 9.84 Å². The quantitative estimate of drug-likeness (QED) is 0.890. The van der Waals surface area contributed by atoms with Gasteiger partial charge < -0.3 is 9.84 Å². The van der Waals surface area contributed by atoms with Crippen molar-refractivity contribution in [2.75, 3.05) is 0 Å². The number of carboxylic acid groups (broad SMARTS) is 1. The van der Waals surface area contributed by atoms with Crippen LogP contribution in [0.3, 0.4) is 0 Å². The van der Waals surface area contributed by atoms with Gasteiger partial charge in [0, 0.05) is 5.92 Å². The molecule has 18 heavy (non-hydrogen) atoms. The summed E-state index contributed by atoms with van der Waals surface area (Å²) in [5.41, 5.74) is 1.29. The van der Waals surface area contributed by atoms with Crippen LogP contribution >= 0.6 is 0 Å². The zero-order valence-electron chi connectivity index (χ0n) is 11.7. The van der Waals surface area contributed by atoms with Gasteiger partial charge in [0.15, 0.2) is 6.10 Å². The van der Waals surface area contributed by atoms with E-state index < -0.39 is 12.1 Å². The Morgan fingerprint density at radius 2 is 1.67 bits per heavy atom. The van der Waals surface area contributed by atoms with Crippen LogP contribution in [0.5, 0.6) is 5.75 Å². The summed E-state index contributed by atoms with van der Waals surface area (Å²) in [4.78, 5) is 11.0. The van der Waals surface area contributed by atoms with Crippen LogP contribution in [0.15, 0.2) is 24.3 Å². The zero-order valence-corrected chi connectivity index (χ0v) is 11.7. The van der Waals surface area contributed by atoms with Crippen molar-refractivity contribution in [3.05, 3.63) is 29.8 Å². The molecule has 3 nitrogen and oxygen atoms in total. The highest BCUT2D eigenvalue weighted by molar-refractivity contribution is 5.73. The molecule has 0 radical (unpaired) electrons. The summed E-state index contributed by atoms with van der Waals surface area (Å²) in [6.45, 7) is 10.1. The molecule has 1 N–H and O–H groups in total. The van der Waals surface area contributed by atoms with Gasteiger partial charge in [-0.15, -0.1) is 0 Å². The van der Waals surface area contributed by atoms with Crippen LogP contribution in [-0.4, -0.2) is 17.2 Å². The minimum Gasteiger partial charge on any atom is -0.478 e. The molecular formula is C15H22O3. The molecule has 0 heterocycles. The van der Waals surface area contributed by atoms with E-state index in [1.807, 2.05) is 38.1 Å². The molecule has 0 saturated carbocycles. The molecular weight excluding hydrogens is 228 g/mol. The van der Waals surface area contributed by atoms with Gasteiger partial charge in [-0.05, 0) is 23.1 Å². The van der Waals surface area contributed by atoms with E-state index >= 15 is 0 Å². The Balaban J connectivity index is 2.83. The van der Waals surface area contributed by atoms with Gasteiger partial charge in [-0.3, -0.25) is 0 Å². The van der Waals surface area contributed by atoms with E-state index in [2.05, 4.69) is 20.8 Å². The Kier molecular flexibility index (Phi) is 4.38. The third-order valence-electron chi connectivity index (χ3n) is 2.83. The third kappa shape index (κ3) is 3.76. The fraction of sp³-hybridized carbons (Fsp3) is 0.533. The van der Waals surface area contributed by atoms with Gasteiger partial charge in [0.05, 0.1) is 0 Å². The fourth-order valence-electron chi connectivity index (χ4n) is 1.65. The Morgan fingerprint density at radius 3 is 2.00 bits per heavy atom. The van der Waals surface area contributed by atoms with Gasteiger partial charge >= 0.3 is 5.97 Å². The summed E-state index contributed by atoms with van der Waals surface area (Å²) in [7, 11) is 0. The fourth-order valence-corrected chi connectivity index (χ4v) is 1.65. The smallest absolute Gasteiger partial charge is 0.345 e. The number of benzene rings is 1. The predicted molar refractivity (Wildman–Crippen MR) is 72.0 cm³/mol. The first-order valence-electron chi connectivity index (χ1n) is 6.22. The maximum absolute atomic E-state index is 11.0. The van der Waals surface area contributed by atoms with E-state index in [-0.39, 0.29) is 11.3 Å². The average molecular weight is 250 g/mol. The molecule has 0 aliphatic carbocycles. The molecule has 3 heteroatoms. The van der Waals surface area contributed by atoms with E-state index in [1.54, 1.807) is 0 Å². The van der Waals surface area contributed by atoms with Crippen LogP contribution in [0.4, 0.5) is 0 Å². The number of carbonyl (C=O) groups is 1. The standard InChI is InChI=1S/C15H22O3/c1-10(2)13(14(16)17)18-12-8-6-11(7-9-12)15(3,4)5/h6-10,13H,1-5H3,(H,16,17). The number of carboxylic acids is 1. The Morgan fingerprint density at radius 1 is 1.17 bits per heavy atom. The second-order valence-electron chi connectivity index (χ2n) is 5.90. The minimum absolute atomic E-state index is 0.0650. The van der Waals surface area contributed by atoms with Gasteiger partial charge in [0.1, 0.15) is 5.75 Å². The summed E-state index contributed by atoms with van der Waals surface area (Å²) in [6.07, 6.45) is -0.800. The predicted octanol–water partition coefficient (Wildman–Crippen LogP) is 3.47. The molecule has 0 aliphatic rings. The van der Waals surface area contributed by atoms with Gasteiger partial charge in [0.2, 0.25) is 0 Å². The number of hydrogen-bond acceptors (Lipinski definition) is 2. The molecule has 0 aromatic heterocycles. The van der Waals surface area contributed by atoms with Crippen LogP contribution in [0.1, 0.15) is 40.2 Å². The first-order chi connectivity index (χ1) is 8.21. The molecule has 0 aliphatic heterocycles. The number of rotatable bonds is 4. The zero-order chi connectivity index (χ0) is 13.9. The maximum atomic E-state index is 11.0. The largest absolute Gasteiger partial charge is 0.478 e. The second-order valence-corrected chi connectivity index (χ2v) is 5.90. The lowest BCUT2D eigenvalue weighted by atomic mass is 9.87. The highest BCUT2D eigenvalue weighted by atomic mass is 16.5. The first kappa shape index (κ1) is 14.6. The third-order valence-corrected chi connectivity index (χ3v) is 2.83. The average Bonchev–Trinajstić information content (AvgIpc) is 2.24.